The van der Waals surface area contributed by atoms with E-state index in [1.165, 1.54) is 25.7 Å². The molecule has 152 valence electrons. The van der Waals surface area contributed by atoms with Crippen LogP contribution in [0.2, 0.25) is 0 Å². The smallest absolute Gasteiger partial charge is 0.426 e. The molecule has 0 aromatic heterocycles. The first kappa shape index (κ1) is 21.6. The van der Waals surface area contributed by atoms with Crippen molar-refractivity contribution in [2.24, 2.45) is 11.8 Å². The molecule has 1 aromatic carbocycles. The summed E-state index contributed by atoms with van der Waals surface area (Å²) in [5.41, 5.74) is -1.18. The summed E-state index contributed by atoms with van der Waals surface area (Å²) in [5, 5.41) is 0. The highest BCUT2D eigenvalue weighted by molar-refractivity contribution is 5.75. The van der Waals surface area contributed by atoms with E-state index in [1.54, 1.807) is 0 Å². The van der Waals surface area contributed by atoms with Gasteiger partial charge in [-0.15, -0.1) is 0 Å². The minimum atomic E-state index is -5.67. The van der Waals surface area contributed by atoms with Crippen molar-refractivity contribution < 1.29 is 31.5 Å². The zero-order valence-electron chi connectivity index (χ0n) is 15.3. The van der Waals surface area contributed by atoms with Crippen LogP contribution in [0.4, 0.5) is 22.0 Å². The van der Waals surface area contributed by atoms with Crippen LogP contribution >= 0.6 is 0 Å². The van der Waals surface area contributed by atoms with Crippen molar-refractivity contribution in [1.29, 1.82) is 0 Å². The van der Waals surface area contributed by atoms with Crippen LogP contribution in [0.3, 0.4) is 0 Å². The Bertz CT molecular complexity index is 602. The minimum Gasteiger partial charge on any atom is -0.426 e. The van der Waals surface area contributed by atoms with Gasteiger partial charge >= 0.3 is 18.1 Å². The van der Waals surface area contributed by atoms with Crippen molar-refractivity contribution in [2.45, 2.75) is 70.4 Å². The second-order valence-electron chi connectivity index (χ2n) is 7.23. The Hall–Kier alpha value is -1.66. The van der Waals surface area contributed by atoms with E-state index in [9.17, 15) is 26.7 Å². The van der Waals surface area contributed by atoms with Crippen molar-refractivity contribution in [1.82, 2.24) is 0 Å². The fourth-order valence-corrected chi connectivity index (χ4v) is 3.47. The molecule has 1 aromatic rings. The van der Waals surface area contributed by atoms with Gasteiger partial charge in [0.05, 0.1) is 5.92 Å². The maximum atomic E-state index is 13.3. The molecule has 7 heteroatoms. The lowest BCUT2D eigenvalue weighted by Gasteiger charge is -2.27. The predicted octanol–water partition coefficient (Wildman–Crippen LogP) is 6.63. The number of hydrogen-bond acceptors (Lipinski definition) is 2. The number of carbonyl (C=O) groups excluding carboxylic acids is 1. The molecule has 0 bridgehead atoms. The van der Waals surface area contributed by atoms with Gasteiger partial charge in [-0.1, -0.05) is 32.6 Å². The number of unbranched alkanes of at least 4 members (excludes halogenated alkanes) is 2. The molecule has 0 saturated heterocycles. The first-order chi connectivity index (χ1) is 12.6. The monoisotopic (exact) mass is 392 g/mol. The highest BCUT2D eigenvalue weighted by atomic mass is 19.4. The summed E-state index contributed by atoms with van der Waals surface area (Å²) in [5.74, 6) is -5.02. The van der Waals surface area contributed by atoms with Crippen LogP contribution in [-0.4, -0.2) is 12.1 Å². The normalized spacial score (nSPS) is 21.1. The summed E-state index contributed by atoms with van der Waals surface area (Å²) in [4.78, 5) is 12.2. The Morgan fingerprint density at radius 1 is 1.00 bits per heavy atom. The number of esters is 1. The van der Waals surface area contributed by atoms with E-state index < -0.39 is 23.6 Å². The molecule has 0 atom stereocenters. The summed E-state index contributed by atoms with van der Waals surface area (Å²) in [6, 6.07) is 3.23. The van der Waals surface area contributed by atoms with Gasteiger partial charge in [-0.3, -0.25) is 4.79 Å². The van der Waals surface area contributed by atoms with Crippen LogP contribution in [0.15, 0.2) is 24.3 Å². The summed E-state index contributed by atoms with van der Waals surface area (Å²) in [7, 11) is 0. The minimum absolute atomic E-state index is 0.0215. The SMILES string of the molecule is CCCCC[C@H]1CC[C@H](C(=O)Oc2ccc(C(F)(F)C(F)(F)F)cc2)CC1. The second-order valence-corrected chi connectivity index (χ2v) is 7.23. The van der Waals surface area contributed by atoms with Crippen LogP contribution in [0.25, 0.3) is 0 Å². The maximum Gasteiger partial charge on any atom is 0.458 e. The lowest BCUT2D eigenvalue weighted by atomic mass is 9.80. The Morgan fingerprint density at radius 2 is 1.59 bits per heavy atom. The molecule has 0 unspecified atom stereocenters. The molecule has 1 aliphatic carbocycles. The first-order valence-electron chi connectivity index (χ1n) is 9.42. The average molecular weight is 392 g/mol. The molecule has 0 amide bonds. The van der Waals surface area contributed by atoms with E-state index in [1.807, 2.05) is 0 Å². The first-order valence-corrected chi connectivity index (χ1v) is 9.42. The van der Waals surface area contributed by atoms with Gasteiger partial charge in [0.15, 0.2) is 0 Å². The van der Waals surface area contributed by atoms with Crippen LogP contribution in [0.5, 0.6) is 5.75 Å². The third kappa shape index (κ3) is 5.66. The molecule has 0 heterocycles. The van der Waals surface area contributed by atoms with Gasteiger partial charge < -0.3 is 4.74 Å². The molecule has 0 aliphatic heterocycles. The van der Waals surface area contributed by atoms with Gasteiger partial charge in [0, 0.05) is 5.56 Å². The summed E-state index contributed by atoms with van der Waals surface area (Å²) in [6.07, 6.45) is 2.46. The number of ether oxygens (including phenoxy) is 1. The van der Waals surface area contributed by atoms with E-state index >= 15 is 0 Å². The molecule has 1 fully saturated rings. The number of halogens is 5. The average Bonchev–Trinajstić information content (AvgIpc) is 2.62. The van der Waals surface area contributed by atoms with Crippen molar-refractivity contribution in [3.8, 4) is 5.75 Å². The van der Waals surface area contributed by atoms with Gasteiger partial charge in [0.25, 0.3) is 0 Å². The molecule has 0 radical (unpaired) electrons. The lowest BCUT2D eigenvalue weighted by molar-refractivity contribution is -0.289. The van der Waals surface area contributed by atoms with Crippen molar-refractivity contribution in [2.75, 3.05) is 0 Å². The van der Waals surface area contributed by atoms with Gasteiger partial charge in [-0.25, -0.2) is 0 Å². The standard InChI is InChI=1S/C20H25F5O2/c1-2-3-4-5-14-6-8-15(9-7-14)18(26)27-17-12-10-16(11-13-17)19(21,22)20(23,24)25/h10-15H,2-9H2,1H3/t14-,15-. The molecule has 1 saturated carbocycles. The second kappa shape index (κ2) is 9.02. The summed E-state index contributed by atoms with van der Waals surface area (Å²) >= 11 is 0. The van der Waals surface area contributed by atoms with E-state index in [0.717, 1.165) is 37.8 Å². The van der Waals surface area contributed by atoms with Crippen LogP contribution < -0.4 is 4.74 Å². The topological polar surface area (TPSA) is 26.3 Å². The number of hydrogen-bond donors (Lipinski definition) is 0. The number of alkyl halides is 5. The Balaban J connectivity index is 1.86. The summed E-state index contributed by atoms with van der Waals surface area (Å²) < 4.78 is 68.8. The molecule has 0 N–H and O–H groups in total. The fraction of sp³-hybridized carbons (Fsp3) is 0.650. The maximum absolute atomic E-state index is 13.3. The van der Waals surface area contributed by atoms with Gasteiger partial charge in [-0.2, -0.15) is 22.0 Å². The number of carbonyl (C=O) groups is 1. The predicted molar refractivity (Wildman–Crippen MR) is 91.6 cm³/mol. The fourth-order valence-electron chi connectivity index (χ4n) is 3.47. The Labute approximate surface area is 156 Å². The Morgan fingerprint density at radius 3 is 2.11 bits per heavy atom. The zero-order chi connectivity index (χ0) is 20.1. The molecule has 2 rings (SSSR count). The quantitative estimate of drug-likeness (QED) is 0.225. The van der Waals surface area contributed by atoms with Crippen molar-refractivity contribution >= 4 is 5.97 Å². The molecule has 1 aliphatic rings. The third-order valence-electron chi connectivity index (χ3n) is 5.19. The lowest BCUT2D eigenvalue weighted by Crippen LogP contribution is -2.33. The molecular weight excluding hydrogens is 367 g/mol. The van der Waals surface area contributed by atoms with E-state index in [0.29, 0.717) is 18.1 Å². The molecule has 0 spiro atoms. The van der Waals surface area contributed by atoms with Gasteiger partial charge in [0.2, 0.25) is 0 Å². The Kier molecular flexibility index (Phi) is 7.23. The van der Waals surface area contributed by atoms with Crippen LogP contribution in [-0.2, 0) is 10.7 Å². The molecule has 27 heavy (non-hydrogen) atoms. The van der Waals surface area contributed by atoms with E-state index in [2.05, 4.69) is 6.92 Å². The largest absolute Gasteiger partial charge is 0.458 e. The highest BCUT2D eigenvalue weighted by Gasteiger charge is 2.58. The number of rotatable bonds is 7. The molecule has 2 nitrogen and oxygen atoms in total. The van der Waals surface area contributed by atoms with Crippen LogP contribution in [0.1, 0.15) is 63.9 Å². The number of benzene rings is 1. The van der Waals surface area contributed by atoms with Crippen molar-refractivity contribution in [3.63, 3.8) is 0 Å². The zero-order valence-corrected chi connectivity index (χ0v) is 15.3. The van der Waals surface area contributed by atoms with Crippen molar-refractivity contribution in [3.05, 3.63) is 29.8 Å². The van der Waals surface area contributed by atoms with E-state index in [4.69, 9.17) is 4.74 Å². The van der Waals surface area contributed by atoms with Gasteiger partial charge in [-0.05, 0) is 55.9 Å². The third-order valence-corrected chi connectivity index (χ3v) is 5.19. The van der Waals surface area contributed by atoms with Crippen LogP contribution in [0, 0.1) is 11.8 Å². The molecular formula is C20H25F5O2. The van der Waals surface area contributed by atoms with E-state index in [-0.39, 0.29) is 11.7 Å². The highest BCUT2D eigenvalue weighted by Crippen LogP contribution is 2.44. The summed E-state index contributed by atoms with van der Waals surface area (Å²) in [6.45, 7) is 2.16. The van der Waals surface area contributed by atoms with Gasteiger partial charge in [0.1, 0.15) is 5.75 Å².